The fraction of sp³-hybridized carbons (Fsp3) is 0.750. The smallest absolute Gasteiger partial charge is 0.334 e. The number of carbonyl (C=O) groups excluding carboxylic acids is 2. The number of cyclic esters (lactones) is 1. The van der Waals surface area contributed by atoms with E-state index >= 15 is 0 Å². The number of aliphatic imine (C=N–C) groups is 1. The van der Waals surface area contributed by atoms with Gasteiger partial charge in [0.15, 0.2) is 11.7 Å². The number of nitrogens with one attached hydrogen (secondary N) is 1. The monoisotopic (exact) mass is 1080 g/mol. The number of allylic oxidation sites excluding steroid dienone is 6. The summed E-state index contributed by atoms with van der Waals surface area (Å²) >= 11 is 0. The van der Waals surface area contributed by atoms with Crippen LogP contribution in [0.15, 0.2) is 64.7 Å². The van der Waals surface area contributed by atoms with Crippen LogP contribution in [0.5, 0.6) is 0 Å². The summed E-state index contributed by atoms with van der Waals surface area (Å²) in [6.07, 6.45) is 1.11. The molecule has 0 spiro atoms. The molecule has 0 amide bonds. The number of nitrogens with zero attached hydrogens (tertiary/aromatic N) is 1. The molecule has 0 aromatic carbocycles. The number of carboxylic acid groups (broad SMARTS) is 1. The number of fused-ring (bicyclic) bond motifs is 2. The molecule has 0 aromatic rings. The molecule has 2 aliphatic rings. The number of nitrogens with two attached hydrogens (primary N) is 1. The van der Waals surface area contributed by atoms with Crippen molar-refractivity contribution in [1.82, 2.24) is 5.32 Å². The Hall–Kier alpha value is -4.06. The van der Waals surface area contributed by atoms with Crippen LogP contribution < -0.4 is 11.1 Å². The molecule has 0 radical (unpaired) electrons. The number of carboxylic acids is 1. The molecular formula is C56H95N3O17. The largest absolute Gasteiger partial charge is 0.481 e. The summed E-state index contributed by atoms with van der Waals surface area (Å²) < 4.78 is 17.4. The van der Waals surface area contributed by atoms with Gasteiger partial charge in [0.25, 0.3) is 0 Å². The Morgan fingerprint density at radius 1 is 0.816 bits per heavy atom. The number of hydrogen-bond acceptors (Lipinski definition) is 17. The van der Waals surface area contributed by atoms with E-state index in [4.69, 9.17) is 19.9 Å². The number of esters is 2. The molecule has 0 aliphatic carbocycles. The SMILES string of the molecule is CN=C(N)NCCC/C=C/CCCC(C)C1OC(=O)/C(C)=C\C=C\C(C)C(O)CC(O)C(C)C(O)CCC(C)C(O)CC2(O)OC(CC(O)CC(OC(=O)CC(=O)O)CC(O)CC(O)/C(C)=C/C=C/C1C)CC(O)C2O. The fourth-order valence-electron chi connectivity index (χ4n) is 9.44. The van der Waals surface area contributed by atoms with Crippen molar-refractivity contribution in [3.63, 3.8) is 0 Å². The number of hydrogen-bond donors (Lipinski definition) is 13. The van der Waals surface area contributed by atoms with Crippen molar-refractivity contribution < 1.29 is 84.8 Å². The van der Waals surface area contributed by atoms with Crippen LogP contribution in [0, 0.1) is 29.6 Å². The summed E-state index contributed by atoms with van der Waals surface area (Å²) in [5, 5.41) is 123. The zero-order valence-corrected chi connectivity index (χ0v) is 46.1. The molecular weight excluding hydrogens is 987 g/mol. The van der Waals surface area contributed by atoms with Crippen molar-refractivity contribution in [2.45, 2.75) is 224 Å². The van der Waals surface area contributed by atoms with Gasteiger partial charge in [-0.2, -0.15) is 0 Å². The van der Waals surface area contributed by atoms with E-state index in [0.717, 1.165) is 32.1 Å². The van der Waals surface area contributed by atoms with Gasteiger partial charge in [-0.25, -0.2) is 4.79 Å². The van der Waals surface area contributed by atoms with E-state index in [1.165, 1.54) is 0 Å². The molecule has 436 valence electrons. The molecule has 2 heterocycles. The van der Waals surface area contributed by atoms with Crippen LogP contribution in [-0.4, -0.2) is 173 Å². The first-order valence-electron chi connectivity index (χ1n) is 27.1. The molecule has 18 unspecified atom stereocenters. The minimum absolute atomic E-state index is 0.0676. The second-order valence-corrected chi connectivity index (χ2v) is 21.6. The molecule has 20 nitrogen and oxygen atoms in total. The number of guanidine groups is 1. The summed E-state index contributed by atoms with van der Waals surface area (Å²) in [7, 11) is 1.62. The normalized spacial score (nSPS) is 38.0. The number of rotatable bonds is 12. The van der Waals surface area contributed by atoms with E-state index in [0.29, 0.717) is 23.7 Å². The Kier molecular flexibility index (Phi) is 31.1. The number of aliphatic hydroxyl groups is 10. The van der Waals surface area contributed by atoms with Gasteiger partial charge in [0.05, 0.1) is 54.9 Å². The third-order valence-corrected chi connectivity index (χ3v) is 14.8. The van der Waals surface area contributed by atoms with E-state index in [1.807, 2.05) is 19.9 Å². The van der Waals surface area contributed by atoms with E-state index < -0.39 is 128 Å². The van der Waals surface area contributed by atoms with Crippen molar-refractivity contribution >= 4 is 23.9 Å². The standard InChI is InChI=1S/C56H95N3O17/c1-33-18-15-20-37(5)52(36(4)17-13-11-9-10-12-14-24-59-55(57)58-8)75-54(72)38(6)21-16-19-34(2)46(64)30-47(65)39(7)44(62)23-22-35(3)49(67)32-56(73)53(71)48(66)29-43(76-56)27-40(60)25-42(26-41(61)28-45(33)63)74-51(70)31-50(68)69/h9-10,15-16,18-21,34-37,39-49,52-53,60-67,71,73H,11-14,17,22-32H2,1-8H3,(H,68,69)(H3,57,58,59)/b10-9+,19-16+,20-15+,33-18+,38-21-. The second-order valence-electron chi connectivity index (χ2n) is 21.6. The third-order valence-electron chi connectivity index (χ3n) is 14.8. The minimum Gasteiger partial charge on any atom is -0.481 e. The first kappa shape index (κ1) is 68.0. The van der Waals surface area contributed by atoms with Gasteiger partial charge >= 0.3 is 17.9 Å². The van der Waals surface area contributed by atoms with Crippen molar-refractivity contribution in [2.24, 2.45) is 40.3 Å². The van der Waals surface area contributed by atoms with Gasteiger partial charge in [-0.15, -0.1) is 0 Å². The number of carbonyl (C=O) groups is 3. The van der Waals surface area contributed by atoms with Gasteiger partial charge in [0.2, 0.25) is 0 Å². The lowest BCUT2D eigenvalue weighted by molar-refractivity contribution is -0.333. The highest BCUT2D eigenvalue weighted by Gasteiger charge is 2.50. The molecule has 0 saturated carbocycles. The summed E-state index contributed by atoms with van der Waals surface area (Å²) in [6.45, 7) is 13.0. The lowest BCUT2D eigenvalue weighted by atomic mass is 9.84. The average Bonchev–Trinajstić information content (AvgIpc) is 3.34. The Balaban J connectivity index is 2.45. The average molecular weight is 1080 g/mol. The summed E-state index contributed by atoms with van der Waals surface area (Å²) in [4.78, 5) is 41.4. The molecule has 2 rings (SSSR count). The van der Waals surface area contributed by atoms with Gasteiger partial charge in [-0.3, -0.25) is 14.6 Å². The molecule has 14 N–H and O–H groups in total. The Morgan fingerprint density at radius 3 is 2.08 bits per heavy atom. The Labute approximate surface area is 450 Å². The van der Waals surface area contributed by atoms with E-state index in [1.54, 1.807) is 72.0 Å². The van der Waals surface area contributed by atoms with Gasteiger partial charge in [-0.1, -0.05) is 83.2 Å². The lowest BCUT2D eigenvalue weighted by Crippen LogP contribution is -2.59. The van der Waals surface area contributed by atoms with Gasteiger partial charge in [-0.05, 0) is 82.6 Å². The maximum Gasteiger partial charge on any atom is 0.334 e. The highest BCUT2D eigenvalue weighted by molar-refractivity contribution is 5.90. The van der Waals surface area contributed by atoms with Crippen LogP contribution in [0.3, 0.4) is 0 Å². The van der Waals surface area contributed by atoms with Crippen LogP contribution >= 0.6 is 0 Å². The van der Waals surface area contributed by atoms with Crippen LogP contribution in [0.2, 0.25) is 0 Å². The number of unbranched alkanes of at least 4 members (excludes halogenated alkanes) is 2. The number of aliphatic hydroxyl groups excluding tert-OH is 9. The lowest BCUT2D eigenvalue weighted by Gasteiger charge is -2.45. The second kappa shape index (κ2) is 34.7. The first-order valence-corrected chi connectivity index (χ1v) is 27.1. The predicted molar refractivity (Wildman–Crippen MR) is 287 cm³/mol. The van der Waals surface area contributed by atoms with Crippen LogP contribution in [0.25, 0.3) is 0 Å². The van der Waals surface area contributed by atoms with E-state index in [-0.39, 0.29) is 63.2 Å². The van der Waals surface area contributed by atoms with Crippen LogP contribution in [0.1, 0.15) is 145 Å². The minimum atomic E-state index is -2.48. The molecule has 0 aromatic heterocycles. The van der Waals surface area contributed by atoms with Crippen LogP contribution in [0.4, 0.5) is 0 Å². The van der Waals surface area contributed by atoms with Crippen molar-refractivity contribution in [3.05, 3.63) is 59.8 Å². The molecule has 1 fully saturated rings. The highest BCUT2D eigenvalue weighted by Crippen LogP contribution is 2.36. The zero-order valence-electron chi connectivity index (χ0n) is 46.1. The van der Waals surface area contributed by atoms with E-state index in [9.17, 15) is 70.6 Å². The first-order chi connectivity index (χ1) is 35.7. The molecule has 2 bridgehead atoms. The summed E-state index contributed by atoms with van der Waals surface area (Å²) in [6, 6.07) is 0. The third kappa shape index (κ3) is 25.2. The fourth-order valence-corrected chi connectivity index (χ4v) is 9.44. The van der Waals surface area contributed by atoms with Crippen molar-refractivity contribution in [1.29, 1.82) is 0 Å². The Morgan fingerprint density at radius 2 is 1.43 bits per heavy atom. The molecule has 2 aliphatic heterocycles. The quantitative estimate of drug-likeness (QED) is 0.0333. The zero-order chi connectivity index (χ0) is 57.3. The summed E-state index contributed by atoms with van der Waals surface area (Å²) in [5.41, 5.74) is 6.46. The molecule has 76 heavy (non-hydrogen) atoms. The van der Waals surface area contributed by atoms with Crippen molar-refractivity contribution in [3.8, 4) is 0 Å². The predicted octanol–water partition coefficient (Wildman–Crippen LogP) is 3.37. The van der Waals surface area contributed by atoms with Gasteiger partial charge in [0, 0.05) is 75.4 Å². The Bertz CT molecular complexity index is 1930. The summed E-state index contributed by atoms with van der Waals surface area (Å²) in [5.74, 6) is -7.34. The molecule has 18 atom stereocenters. The maximum absolute atomic E-state index is 13.6. The molecule has 20 heteroatoms. The van der Waals surface area contributed by atoms with E-state index in [2.05, 4.69) is 22.5 Å². The topological polar surface area (TPSA) is 352 Å². The number of aliphatic carboxylic acids is 1. The molecule has 1 saturated heterocycles. The van der Waals surface area contributed by atoms with Crippen LogP contribution in [-0.2, 0) is 28.6 Å². The maximum atomic E-state index is 13.6. The van der Waals surface area contributed by atoms with Crippen molar-refractivity contribution in [2.75, 3.05) is 13.6 Å². The van der Waals surface area contributed by atoms with Gasteiger partial charge < -0.3 is 81.4 Å². The number of ether oxygens (including phenoxy) is 3. The highest BCUT2D eigenvalue weighted by atomic mass is 16.7. The van der Waals surface area contributed by atoms with Gasteiger partial charge in [0.1, 0.15) is 24.7 Å².